The summed E-state index contributed by atoms with van der Waals surface area (Å²) in [6, 6.07) is 4.63. The van der Waals surface area contributed by atoms with Crippen LogP contribution in [-0.2, 0) is 14.4 Å². The minimum absolute atomic E-state index is 0.0179. The number of benzene rings is 1. The van der Waals surface area contributed by atoms with Gasteiger partial charge in [0.15, 0.2) is 0 Å². The maximum atomic E-state index is 13.4. The summed E-state index contributed by atoms with van der Waals surface area (Å²) in [4.78, 5) is 54.4. The number of likely N-dealkylation sites (tertiary alicyclic amines) is 1. The second-order valence-corrected chi connectivity index (χ2v) is 10.8. The maximum absolute atomic E-state index is 13.4. The highest BCUT2D eigenvalue weighted by Gasteiger charge is 2.30. The van der Waals surface area contributed by atoms with Crippen molar-refractivity contribution in [2.24, 2.45) is 11.8 Å². The number of hydrogen-bond acceptors (Lipinski definition) is 5. The lowest BCUT2D eigenvalue weighted by molar-refractivity contribution is -0.142. The van der Waals surface area contributed by atoms with E-state index in [1.165, 1.54) is 0 Å². The van der Waals surface area contributed by atoms with E-state index in [2.05, 4.69) is 24.5 Å². The fraction of sp³-hybridized carbons (Fsp3) is 0.630. The fourth-order valence-corrected chi connectivity index (χ4v) is 5.04. The lowest BCUT2D eigenvalue weighted by atomic mass is 9.95. The summed E-state index contributed by atoms with van der Waals surface area (Å²) in [5.74, 6) is -0.0400. The minimum atomic E-state index is -0.292. The predicted molar refractivity (Wildman–Crippen MR) is 141 cm³/mol. The van der Waals surface area contributed by atoms with Gasteiger partial charge < -0.3 is 25.2 Å². The zero-order valence-electron chi connectivity index (χ0n) is 22.1. The van der Waals surface area contributed by atoms with Crippen molar-refractivity contribution in [2.45, 2.75) is 58.9 Å². The first-order chi connectivity index (χ1) is 17.6. The Kier molecular flexibility index (Phi) is 10.6. The van der Waals surface area contributed by atoms with Crippen LogP contribution in [0.25, 0.3) is 0 Å². The first-order valence-electron chi connectivity index (χ1n) is 13.2. The molecule has 0 aliphatic carbocycles. The molecule has 9 nitrogen and oxygen atoms in total. The van der Waals surface area contributed by atoms with Crippen molar-refractivity contribution in [1.82, 2.24) is 20.4 Å². The molecule has 2 aliphatic rings. The van der Waals surface area contributed by atoms with Crippen molar-refractivity contribution < 1.29 is 23.9 Å². The number of carbonyl (C=O) groups is 4. The zero-order valence-corrected chi connectivity index (χ0v) is 22.8. The molecule has 3 rings (SSSR count). The van der Waals surface area contributed by atoms with Crippen LogP contribution in [0.2, 0.25) is 5.02 Å². The highest BCUT2D eigenvalue weighted by atomic mass is 35.5. The number of rotatable bonds is 3. The summed E-state index contributed by atoms with van der Waals surface area (Å²) in [5.41, 5.74) is 0.353. The van der Waals surface area contributed by atoms with Crippen molar-refractivity contribution in [1.29, 1.82) is 0 Å². The number of halogens is 1. The number of carbonyl (C=O) groups excluding carboxylic acids is 4. The molecule has 1 fully saturated rings. The summed E-state index contributed by atoms with van der Waals surface area (Å²) >= 11 is 6.14. The first kappa shape index (κ1) is 28.8. The normalized spacial score (nSPS) is 20.7. The van der Waals surface area contributed by atoms with E-state index in [1.807, 2.05) is 0 Å². The van der Waals surface area contributed by atoms with E-state index < -0.39 is 0 Å². The van der Waals surface area contributed by atoms with E-state index in [0.29, 0.717) is 80.5 Å². The molecule has 0 saturated carbocycles. The molecule has 0 bridgehead atoms. The van der Waals surface area contributed by atoms with Crippen molar-refractivity contribution >= 4 is 35.2 Å². The average molecular weight is 535 g/mol. The number of ether oxygens (including phenoxy) is 1. The van der Waals surface area contributed by atoms with Gasteiger partial charge in [-0.15, -0.1) is 0 Å². The Labute approximate surface area is 224 Å². The van der Waals surface area contributed by atoms with Gasteiger partial charge in [-0.05, 0) is 56.2 Å². The van der Waals surface area contributed by atoms with Crippen LogP contribution in [0.4, 0.5) is 0 Å². The molecular weight excluding hydrogens is 496 g/mol. The maximum Gasteiger partial charge on any atom is 0.255 e. The molecule has 1 saturated heterocycles. The number of nitrogens with zero attached hydrogens (tertiary/aromatic N) is 2. The van der Waals surface area contributed by atoms with Crippen LogP contribution < -0.4 is 15.4 Å². The van der Waals surface area contributed by atoms with E-state index in [9.17, 15) is 19.2 Å². The number of amides is 4. The van der Waals surface area contributed by atoms with Gasteiger partial charge in [-0.2, -0.15) is 0 Å². The highest BCUT2D eigenvalue weighted by molar-refractivity contribution is 6.31. The monoisotopic (exact) mass is 534 g/mol. The van der Waals surface area contributed by atoms with Gasteiger partial charge in [0.1, 0.15) is 12.4 Å². The molecule has 4 amide bonds. The van der Waals surface area contributed by atoms with E-state index in [-0.39, 0.29) is 48.7 Å². The largest absolute Gasteiger partial charge is 0.491 e. The van der Waals surface area contributed by atoms with Crippen LogP contribution in [0.1, 0.15) is 63.2 Å². The Bertz CT molecular complexity index is 978. The number of piperidine rings is 1. The predicted octanol–water partition coefficient (Wildman–Crippen LogP) is 2.86. The molecule has 1 aromatic carbocycles. The molecule has 37 heavy (non-hydrogen) atoms. The molecule has 2 aliphatic heterocycles. The van der Waals surface area contributed by atoms with Crippen molar-refractivity contribution in [3.05, 3.63) is 28.8 Å². The summed E-state index contributed by atoms with van der Waals surface area (Å²) in [6.07, 6.45) is 3.15. The summed E-state index contributed by atoms with van der Waals surface area (Å²) in [5, 5.41) is 6.39. The third-order valence-corrected chi connectivity index (χ3v) is 7.06. The molecule has 1 atom stereocenters. The number of hydrogen-bond donors (Lipinski definition) is 2. The molecule has 2 heterocycles. The zero-order chi connectivity index (χ0) is 26.9. The summed E-state index contributed by atoms with van der Waals surface area (Å²) in [6.45, 7) is 7.76. The van der Waals surface area contributed by atoms with Gasteiger partial charge in [-0.1, -0.05) is 25.4 Å². The first-order valence-corrected chi connectivity index (χ1v) is 13.6. The molecule has 0 radical (unpaired) electrons. The van der Waals surface area contributed by atoms with Crippen molar-refractivity contribution in [3.8, 4) is 5.75 Å². The van der Waals surface area contributed by atoms with Crippen LogP contribution in [0.5, 0.6) is 5.75 Å². The van der Waals surface area contributed by atoms with Gasteiger partial charge in [0.2, 0.25) is 17.7 Å². The van der Waals surface area contributed by atoms with Gasteiger partial charge in [0.25, 0.3) is 5.91 Å². The molecule has 0 spiro atoms. The lowest BCUT2D eigenvalue weighted by Gasteiger charge is -2.34. The Balaban J connectivity index is 1.75. The van der Waals surface area contributed by atoms with Gasteiger partial charge in [-0.3, -0.25) is 19.2 Å². The van der Waals surface area contributed by atoms with Crippen LogP contribution in [-0.4, -0.2) is 78.8 Å². The van der Waals surface area contributed by atoms with Gasteiger partial charge in [-0.25, -0.2) is 0 Å². The Morgan fingerprint density at radius 2 is 1.84 bits per heavy atom. The molecule has 204 valence electrons. The molecular formula is C27H39ClN4O5. The Morgan fingerprint density at radius 1 is 1.11 bits per heavy atom. The van der Waals surface area contributed by atoms with Crippen LogP contribution >= 0.6 is 11.6 Å². The number of fused-ring (bicyclic) bond motifs is 1. The molecule has 2 N–H and O–H groups in total. The standard InChI is InChI=1S/C27H39ClN4O5/c1-18(2)14-22-17-37-24-7-6-21(28)15-23(24)26(35)29-10-4-5-11-32(16-25(34)30-22)27(36)20-8-12-31(13-9-20)19(3)33/h6-7,15,18,20,22H,4-5,8-14,16-17H2,1-3H3,(H,29,35)(H,30,34)/t22-/m1/s1. The quantitative estimate of drug-likeness (QED) is 0.620. The molecule has 0 unspecified atom stereocenters. The highest BCUT2D eigenvalue weighted by Crippen LogP contribution is 2.24. The minimum Gasteiger partial charge on any atom is -0.491 e. The van der Waals surface area contributed by atoms with Crippen molar-refractivity contribution in [3.63, 3.8) is 0 Å². The third-order valence-electron chi connectivity index (χ3n) is 6.82. The van der Waals surface area contributed by atoms with E-state index in [0.717, 1.165) is 0 Å². The lowest BCUT2D eigenvalue weighted by Crippen LogP contribution is -2.49. The Morgan fingerprint density at radius 3 is 2.51 bits per heavy atom. The van der Waals surface area contributed by atoms with Crippen LogP contribution in [0.3, 0.4) is 0 Å². The molecule has 0 aromatic heterocycles. The summed E-state index contributed by atoms with van der Waals surface area (Å²) in [7, 11) is 0. The third kappa shape index (κ3) is 8.62. The van der Waals surface area contributed by atoms with E-state index >= 15 is 0 Å². The topological polar surface area (TPSA) is 108 Å². The fourth-order valence-electron chi connectivity index (χ4n) is 4.87. The second kappa shape index (κ2) is 13.7. The van der Waals surface area contributed by atoms with Gasteiger partial charge >= 0.3 is 0 Å². The average Bonchev–Trinajstić information content (AvgIpc) is 2.85. The second-order valence-electron chi connectivity index (χ2n) is 10.3. The SMILES string of the molecule is CC(=O)N1CCC(C(=O)N2CCCCNC(=O)c3cc(Cl)ccc3OC[C@@H](CC(C)C)NC(=O)C2)CC1. The van der Waals surface area contributed by atoms with Gasteiger partial charge in [0, 0.05) is 44.0 Å². The van der Waals surface area contributed by atoms with Crippen molar-refractivity contribution in [2.75, 3.05) is 39.3 Å². The van der Waals surface area contributed by atoms with E-state index in [1.54, 1.807) is 34.9 Å². The van der Waals surface area contributed by atoms with Gasteiger partial charge in [0.05, 0.1) is 18.2 Å². The Hall–Kier alpha value is -2.81. The smallest absolute Gasteiger partial charge is 0.255 e. The van der Waals surface area contributed by atoms with Crippen LogP contribution in [0.15, 0.2) is 18.2 Å². The van der Waals surface area contributed by atoms with E-state index in [4.69, 9.17) is 16.3 Å². The number of nitrogens with one attached hydrogen (secondary N) is 2. The molecule has 1 aromatic rings. The molecule has 10 heteroatoms. The van der Waals surface area contributed by atoms with Crippen LogP contribution in [0, 0.1) is 11.8 Å². The summed E-state index contributed by atoms with van der Waals surface area (Å²) < 4.78 is 6.00.